The Labute approximate surface area is 160 Å². The number of benzene rings is 1. The van der Waals surface area contributed by atoms with Gasteiger partial charge in [0.25, 0.3) is 11.3 Å². The van der Waals surface area contributed by atoms with Crippen LogP contribution in [-0.2, 0) is 11.3 Å². The van der Waals surface area contributed by atoms with Gasteiger partial charge in [0, 0.05) is 31.6 Å². The molecule has 1 aromatic carbocycles. The molecule has 0 atom stereocenters. The molecule has 0 N–H and O–H groups in total. The summed E-state index contributed by atoms with van der Waals surface area (Å²) in [5.74, 6) is 0.317. The second-order valence-corrected chi connectivity index (χ2v) is 7.27. The fourth-order valence-electron chi connectivity index (χ4n) is 3.48. The smallest absolute Gasteiger partial charge is 0.266 e. The zero-order chi connectivity index (χ0) is 19.7. The van der Waals surface area contributed by atoms with Crippen molar-refractivity contribution in [1.29, 1.82) is 0 Å². The second kappa shape index (κ2) is 7.53. The molecule has 1 fully saturated rings. The van der Waals surface area contributed by atoms with Gasteiger partial charge in [0.1, 0.15) is 23.2 Å². The molecule has 146 valence electrons. The Morgan fingerprint density at radius 2 is 1.96 bits per heavy atom. The van der Waals surface area contributed by atoms with Crippen LogP contribution in [0, 0.1) is 11.7 Å². The molecule has 8 heteroatoms. The van der Waals surface area contributed by atoms with Crippen molar-refractivity contribution in [3.8, 4) is 11.3 Å². The third-order valence-corrected chi connectivity index (χ3v) is 5.28. The van der Waals surface area contributed by atoms with Gasteiger partial charge in [-0.05, 0) is 43.0 Å². The maximum Gasteiger partial charge on any atom is 0.266 e. The van der Waals surface area contributed by atoms with Gasteiger partial charge in [0.15, 0.2) is 0 Å². The Kier molecular flexibility index (Phi) is 4.93. The number of aryl methyl sites for hydroxylation is 1. The number of rotatable bonds is 4. The van der Waals surface area contributed by atoms with Crippen LogP contribution in [-0.4, -0.2) is 38.6 Å². The summed E-state index contributed by atoms with van der Waals surface area (Å²) < 4.78 is 19.7. The summed E-state index contributed by atoms with van der Waals surface area (Å²) in [5, 5.41) is 4.15. The summed E-state index contributed by atoms with van der Waals surface area (Å²) in [6.07, 6.45) is 3.64. The first-order valence-electron chi connectivity index (χ1n) is 9.41. The Balaban J connectivity index is 1.56. The summed E-state index contributed by atoms with van der Waals surface area (Å²) in [6.45, 7) is 3.97. The van der Waals surface area contributed by atoms with Crippen LogP contribution in [0.15, 0.2) is 39.9 Å². The van der Waals surface area contributed by atoms with E-state index in [4.69, 9.17) is 4.52 Å². The van der Waals surface area contributed by atoms with Crippen molar-refractivity contribution in [3.63, 3.8) is 0 Å². The van der Waals surface area contributed by atoms with E-state index in [1.807, 2.05) is 4.90 Å². The van der Waals surface area contributed by atoms with Gasteiger partial charge in [-0.1, -0.05) is 12.1 Å². The molecular weight excluding hydrogens is 363 g/mol. The predicted molar refractivity (Wildman–Crippen MR) is 101 cm³/mol. The molecule has 1 amide bonds. The highest BCUT2D eigenvalue weighted by molar-refractivity contribution is 5.88. The Hall–Kier alpha value is -3.03. The Morgan fingerprint density at radius 1 is 1.25 bits per heavy atom. The van der Waals surface area contributed by atoms with Crippen LogP contribution in [0.4, 0.5) is 4.39 Å². The Morgan fingerprint density at radius 3 is 2.68 bits per heavy atom. The molecule has 0 unspecified atom stereocenters. The van der Waals surface area contributed by atoms with E-state index < -0.39 is 0 Å². The fourth-order valence-corrected chi connectivity index (χ4v) is 3.48. The maximum atomic E-state index is 13.2. The van der Waals surface area contributed by atoms with E-state index in [0.29, 0.717) is 17.2 Å². The monoisotopic (exact) mass is 384 g/mol. The predicted octanol–water partition coefficient (Wildman–Crippen LogP) is 2.84. The average Bonchev–Trinajstić information content (AvgIpc) is 3.13. The molecule has 0 saturated carbocycles. The lowest BCUT2D eigenvalue weighted by atomic mass is 9.99. The van der Waals surface area contributed by atoms with Crippen molar-refractivity contribution in [3.05, 3.63) is 46.8 Å². The third kappa shape index (κ3) is 3.54. The van der Waals surface area contributed by atoms with Gasteiger partial charge in [0.2, 0.25) is 5.91 Å². The van der Waals surface area contributed by atoms with Crippen molar-refractivity contribution in [1.82, 2.24) is 19.6 Å². The van der Waals surface area contributed by atoms with E-state index >= 15 is 0 Å². The van der Waals surface area contributed by atoms with Gasteiger partial charge in [-0.3, -0.25) is 14.2 Å². The molecule has 4 rings (SSSR count). The number of amides is 1. The molecule has 0 bridgehead atoms. The van der Waals surface area contributed by atoms with Crippen LogP contribution in [0.2, 0.25) is 0 Å². The molecule has 3 aromatic rings. The molecule has 28 heavy (non-hydrogen) atoms. The lowest BCUT2D eigenvalue weighted by Crippen LogP contribution is -2.38. The first kappa shape index (κ1) is 18.3. The van der Waals surface area contributed by atoms with Gasteiger partial charge >= 0.3 is 0 Å². The molecule has 7 nitrogen and oxygen atoms in total. The van der Waals surface area contributed by atoms with E-state index in [1.54, 1.807) is 0 Å². The summed E-state index contributed by atoms with van der Waals surface area (Å²) in [6, 6.07) is 5.65. The topological polar surface area (TPSA) is 81.2 Å². The SMILES string of the molecule is CC1CCN(C(=O)CCn2cnc3onc(-c4ccc(F)cc4)c3c2=O)CC1. The summed E-state index contributed by atoms with van der Waals surface area (Å²) >= 11 is 0. The van der Waals surface area contributed by atoms with Crippen molar-refractivity contribution in [2.45, 2.75) is 32.7 Å². The minimum atomic E-state index is -0.377. The van der Waals surface area contributed by atoms with E-state index in [2.05, 4.69) is 17.1 Å². The number of aromatic nitrogens is 3. The third-order valence-electron chi connectivity index (χ3n) is 5.28. The minimum absolute atomic E-state index is 0.0444. The van der Waals surface area contributed by atoms with Crippen LogP contribution in [0.5, 0.6) is 0 Å². The average molecular weight is 384 g/mol. The fraction of sp³-hybridized carbons (Fsp3) is 0.400. The first-order chi connectivity index (χ1) is 13.5. The number of carbonyl (C=O) groups is 1. The zero-order valence-electron chi connectivity index (χ0n) is 15.6. The van der Waals surface area contributed by atoms with Crippen LogP contribution in [0.3, 0.4) is 0 Å². The van der Waals surface area contributed by atoms with E-state index in [1.165, 1.54) is 35.2 Å². The number of hydrogen-bond donors (Lipinski definition) is 0. The molecule has 2 aromatic heterocycles. The van der Waals surface area contributed by atoms with Crippen molar-refractivity contribution in [2.24, 2.45) is 5.92 Å². The quantitative estimate of drug-likeness (QED) is 0.691. The number of carbonyl (C=O) groups excluding carboxylic acids is 1. The van der Waals surface area contributed by atoms with Gasteiger partial charge in [-0.15, -0.1) is 0 Å². The standard InChI is InChI=1S/C20H21FN4O3/c1-13-6-9-24(10-7-13)16(26)8-11-25-12-22-19-17(20(25)27)18(23-28-19)14-2-4-15(21)5-3-14/h2-5,12-13H,6-11H2,1H3. The highest BCUT2D eigenvalue weighted by atomic mass is 19.1. The molecule has 3 heterocycles. The van der Waals surface area contributed by atoms with Crippen molar-refractivity contribution >= 4 is 17.0 Å². The molecule has 0 radical (unpaired) electrons. The van der Waals surface area contributed by atoms with E-state index in [9.17, 15) is 14.0 Å². The number of nitrogens with zero attached hydrogens (tertiary/aromatic N) is 4. The molecule has 1 aliphatic rings. The maximum absolute atomic E-state index is 13.2. The molecule has 0 aliphatic carbocycles. The Bertz CT molecular complexity index is 1050. The van der Waals surface area contributed by atoms with Gasteiger partial charge < -0.3 is 9.42 Å². The highest BCUT2D eigenvalue weighted by Gasteiger charge is 2.21. The molecular formula is C20H21FN4O3. The first-order valence-corrected chi connectivity index (χ1v) is 9.41. The molecule has 1 aliphatic heterocycles. The summed E-state index contributed by atoms with van der Waals surface area (Å²) in [4.78, 5) is 31.4. The minimum Gasteiger partial charge on any atom is -0.343 e. The van der Waals surface area contributed by atoms with E-state index in [0.717, 1.165) is 25.9 Å². The van der Waals surface area contributed by atoms with Gasteiger partial charge in [-0.2, -0.15) is 0 Å². The van der Waals surface area contributed by atoms with Crippen molar-refractivity contribution in [2.75, 3.05) is 13.1 Å². The van der Waals surface area contributed by atoms with Crippen LogP contribution >= 0.6 is 0 Å². The molecule has 0 spiro atoms. The number of halogens is 1. The summed E-state index contributed by atoms with van der Waals surface area (Å²) in [5.41, 5.74) is 0.677. The highest BCUT2D eigenvalue weighted by Crippen LogP contribution is 2.24. The normalized spacial score (nSPS) is 15.3. The van der Waals surface area contributed by atoms with E-state index in [-0.39, 0.29) is 41.3 Å². The number of hydrogen-bond acceptors (Lipinski definition) is 5. The van der Waals surface area contributed by atoms with Gasteiger partial charge in [0.05, 0.1) is 0 Å². The lowest BCUT2D eigenvalue weighted by Gasteiger charge is -2.30. The number of likely N-dealkylation sites (tertiary alicyclic amines) is 1. The van der Waals surface area contributed by atoms with Crippen LogP contribution in [0.1, 0.15) is 26.2 Å². The summed E-state index contributed by atoms with van der Waals surface area (Å²) in [7, 11) is 0. The van der Waals surface area contributed by atoms with Crippen molar-refractivity contribution < 1.29 is 13.7 Å². The number of piperidine rings is 1. The number of fused-ring (bicyclic) bond motifs is 1. The van der Waals surface area contributed by atoms with Gasteiger partial charge in [-0.25, -0.2) is 9.37 Å². The van der Waals surface area contributed by atoms with Crippen LogP contribution in [0.25, 0.3) is 22.4 Å². The largest absolute Gasteiger partial charge is 0.343 e. The van der Waals surface area contributed by atoms with Crippen LogP contribution < -0.4 is 5.56 Å². The lowest BCUT2D eigenvalue weighted by molar-refractivity contribution is -0.132. The zero-order valence-corrected chi connectivity index (χ0v) is 15.6. The molecule has 1 saturated heterocycles. The second-order valence-electron chi connectivity index (χ2n) is 7.27.